The molecule has 0 fully saturated rings. The predicted octanol–water partition coefficient (Wildman–Crippen LogP) is 5.72. The van der Waals surface area contributed by atoms with E-state index in [1.165, 1.54) is 13.8 Å². The minimum Gasteiger partial charge on any atom is -0.508 e. The number of pyridine rings is 1. The normalized spacial score (nSPS) is 14.4. The van der Waals surface area contributed by atoms with E-state index >= 15 is 0 Å². The Labute approximate surface area is 183 Å². The number of benzene rings is 2. The number of phenolic OH excluding ortho intramolecular Hbond substituents is 1. The molecule has 8 heteroatoms. The number of fused-ring (bicyclic) bond motifs is 1. The average Bonchev–Trinajstić information content (AvgIpc) is 2.72. The summed E-state index contributed by atoms with van der Waals surface area (Å²) in [5, 5.41) is 24.2. The van der Waals surface area contributed by atoms with Gasteiger partial charge in [0.25, 0.3) is 0 Å². The highest BCUT2D eigenvalue weighted by Crippen LogP contribution is 2.43. The number of alkyl halides is 3. The van der Waals surface area contributed by atoms with Gasteiger partial charge in [0.15, 0.2) is 5.60 Å². The van der Waals surface area contributed by atoms with Crippen molar-refractivity contribution in [2.45, 2.75) is 50.8 Å². The summed E-state index contributed by atoms with van der Waals surface area (Å²) >= 11 is 0. The minimum atomic E-state index is -4.97. The molecule has 0 aliphatic rings. The van der Waals surface area contributed by atoms with Crippen LogP contribution in [0, 0.1) is 5.82 Å². The van der Waals surface area contributed by atoms with Gasteiger partial charge in [-0.2, -0.15) is 13.2 Å². The van der Waals surface area contributed by atoms with Crippen LogP contribution in [0.15, 0.2) is 48.5 Å². The summed E-state index contributed by atoms with van der Waals surface area (Å²) in [4.78, 5) is 4.48. The number of phenols is 1. The fraction of sp³-hybridized carbons (Fsp3) is 0.375. The van der Waals surface area contributed by atoms with Gasteiger partial charge in [-0.25, -0.2) is 4.39 Å². The number of nitrogens with one attached hydrogen (secondary N) is 1. The van der Waals surface area contributed by atoms with E-state index in [1.54, 1.807) is 30.3 Å². The summed E-state index contributed by atoms with van der Waals surface area (Å²) in [6.45, 7) is 3.97. The van der Waals surface area contributed by atoms with Gasteiger partial charge in [0, 0.05) is 22.3 Å². The molecule has 1 unspecified atom stereocenters. The van der Waals surface area contributed by atoms with Crippen molar-refractivity contribution in [3.63, 3.8) is 0 Å². The van der Waals surface area contributed by atoms with Crippen LogP contribution in [0.3, 0.4) is 0 Å². The second kappa shape index (κ2) is 8.58. The Bertz CT molecular complexity index is 1110. The van der Waals surface area contributed by atoms with Crippen molar-refractivity contribution in [1.82, 2.24) is 4.98 Å². The zero-order chi connectivity index (χ0) is 23.7. The van der Waals surface area contributed by atoms with Crippen molar-refractivity contribution in [3.8, 4) is 5.75 Å². The smallest absolute Gasteiger partial charge is 0.418 e. The summed E-state index contributed by atoms with van der Waals surface area (Å²) in [5.74, 6) is -1.02. The first kappa shape index (κ1) is 23.8. The van der Waals surface area contributed by atoms with E-state index in [2.05, 4.69) is 10.3 Å². The first-order valence-electron chi connectivity index (χ1n) is 10.3. The van der Waals surface area contributed by atoms with Crippen molar-refractivity contribution < 1.29 is 27.8 Å². The second-order valence-corrected chi connectivity index (χ2v) is 8.63. The molecule has 2 aromatic carbocycles. The van der Waals surface area contributed by atoms with E-state index in [9.17, 15) is 27.8 Å². The average molecular weight is 450 g/mol. The fourth-order valence-corrected chi connectivity index (χ4v) is 3.93. The standard InChI is InChI=1S/C24H26F4N2O2/c1-4-16-9-10-17-19(6-5-7-20(17)30-16)29-14-23(32,24(26,27)28)13-22(2,3)18-12-15(25)8-11-21(18)31/h5-12,29,31-32H,4,13-14H2,1-3H3. The highest BCUT2D eigenvalue weighted by molar-refractivity contribution is 5.91. The molecule has 172 valence electrons. The molecule has 0 saturated carbocycles. The van der Waals surface area contributed by atoms with E-state index in [1.807, 2.05) is 6.92 Å². The van der Waals surface area contributed by atoms with E-state index < -0.39 is 36.0 Å². The van der Waals surface area contributed by atoms with E-state index in [4.69, 9.17) is 0 Å². The first-order chi connectivity index (χ1) is 14.9. The number of hydrogen-bond acceptors (Lipinski definition) is 4. The highest BCUT2D eigenvalue weighted by Gasteiger charge is 2.56. The van der Waals surface area contributed by atoms with Crippen LogP contribution in [0.1, 0.15) is 38.4 Å². The van der Waals surface area contributed by atoms with Gasteiger partial charge in [0.05, 0.1) is 12.1 Å². The van der Waals surface area contributed by atoms with Crippen LogP contribution in [0.25, 0.3) is 10.9 Å². The molecule has 1 heterocycles. The Morgan fingerprint density at radius 2 is 1.75 bits per heavy atom. The topological polar surface area (TPSA) is 65.4 Å². The van der Waals surface area contributed by atoms with Crippen LogP contribution in [0.4, 0.5) is 23.2 Å². The summed E-state index contributed by atoms with van der Waals surface area (Å²) in [5.41, 5.74) is -2.63. The third kappa shape index (κ3) is 4.80. The maximum Gasteiger partial charge on any atom is 0.418 e. The minimum absolute atomic E-state index is 0.0124. The zero-order valence-corrected chi connectivity index (χ0v) is 18.1. The Morgan fingerprint density at radius 3 is 2.41 bits per heavy atom. The number of nitrogens with zero attached hydrogens (tertiary/aromatic N) is 1. The number of halogens is 4. The molecule has 0 spiro atoms. The van der Waals surface area contributed by atoms with Crippen molar-refractivity contribution in [3.05, 3.63) is 65.6 Å². The third-order valence-corrected chi connectivity index (χ3v) is 5.67. The Balaban J connectivity index is 1.92. The van der Waals surface area contributed by atoms with Gasteiger partial charge in [0.2, 0.25) is 0 Å². The van der Waals surface area contributed by atoms with E-state index in [0.717, 1.165) is 30.3 Å². The molecule has 32 heavy (non-hydrogen) atoms. The molecular formula is C24H26F4N2O2. The summed E-state index contributed by atoms with van der Waals surface area (Å²) in [6.07, 6.45) is -5.04. The van der Waals surface area contributed by atoms with Crippen molar-refractivity contribution >= 4 is 16.6 Å². The molecule has 3 N–H and O–H groups in total. The number of aryl methyl sites for hydroxylation is 1. The molecule has 0 aliphatic carbocycles. The van der Waals surface area contributed by atoms with Gasteiger partial charge < -0.3 is 15.5 Å². The van der Waals surface area contributed by atoms with Gasteiger partial charge >= 0.3 is 6.18 Å². The van der Waals surface area contributed by atoms with Crippen LogP contribution in [-0.2, 0) is 11.8 Å². The maximum atomic E-state index is 14.0. The maximum absolute atomic E-state index is 14.0. The van der Waals surface area contributed by atoms with Crippen LogP contribution in [-0.4, -0.2) is 33.5 Å². The van der Waals surface area contributed by atoms with Gasteiger partial charge in [0.1, 0.15) is 11.6 Å². The number of rotatable bonds is 7. The SMILES string of the molecule is CCc1ccc2c(NCC(O)(CC(C)(C)c3cc(F)ccc3O)C(F)(F)F)cccc2n1. The molecule has 0 aliphatic heterocycles. The number of hydrogen-bond donors (Lipinski definition) is 3. The lowest BCUT2D eigenvalue weighted by molar-refractivity contribution is -0.260. The largest absolute Gasteiger partial charge is 0.508 e. The lowest BCUT2D eigenvalue weighted by Crippen LogP contribution is -2.53. The molecular weight excluding hydrogens is 424 g/mol. The third-order valence-electron chi connectivity index (χ3n) is 5.67. The summed E-state index contributed by atoms with van der Waals surface area (Å²) in [6, 6.07) is 11.8. The first-order valence-corrected chi connectivity index (χ1v) is 10.3. The summed E-state index contributed by atoms with van der Waals surface area (Å²) < 4.78 is 55.7. The molecule has 0 bridgehead atoms. The molecule has 1 aromatic heterocycles. The quantitative estimate of drug-likeness (QED) is 0.403. The van der Waals surface area contributed by atoms with Crippen LogP contribution in [0.5, 0.6) is 5.75 Å². The molecule has 3 rings (SSSR count). The Hall–Kier alpha value is -2.87. The van der Waals surface area contributed by atoms with Gasteiger partial charge in [-0.3, -0.25) is 4.98 Å². The molecule has 3 aromatic rings. The molecule has 0 amide bonds. The van der Waals surface area contributed by atoms with Crippen molar-refractivity contribution in [2.75, 3.05) is 11.9 Å². The fourth-order valence-electron chi connectivity index (χ4n) is 3.93. The monoisotopic (exact) mass is 450 g/mol. The Morgan fingerprint density at radius 1 is 1.03 bits per heavy atom. The number of aromatic nitrogens is 1. The van der Waals surface area contributed by atoms with Crippen LogP contribution < -0.4 is 5.32 Å². The predicted molar refractivity (Wildman–Crippen MR) is 116 cm³/mol. The van der Waals surface area contributed by atoms with Crippen molar-refractivity contribution in [2.24, 2.45) is 0 Å². The van der Waals surface area contributed by atoms with Crippen LogP contribution >= 0.6 is 0 Å². The zero-order valence-electron chi connectivity index (χ0n) is 18.1. The van der Waals surface area contributed by atoms with Gasteiger partial charge in [-0.15, -0.1) is 0 Å². The molecule has 0 saturated heterocycles. The molecule has 1 atom stereocenters. The highest BCUT2D eigenvalue weighted by atomic mass is 19.4. The number of aromatic hydroxyl groups is 1. The lowest BCUT2D eigenvalue weighted by atomic mass is 9.74. The summed E-state index contributed by atoms with van der Waals surface area (Å²) in [7, 11) is 0. The number of anilines is 1. The molecule has 0 radical (unpaired) electrons. The molecule has 4 nitrogen and oxygen atoms in total. The van der Waals surface area contributed by atoms with E-state index in [-0.39, 0.29) is 11.3 Å². The van der Waals surface area contributed by atoms with Crippen LogP contribution in [0.2, 0.25) is 0 Å². The van der Waals surface area contributed by atoms with E-state index in [0.29, 0.717) is 16.6 Å². The van der Waals surface area contributed by atoms with Gasteiger partial charge in [-0.1, -0.05) is 26.8 Å². The van der Waals surface area contributed by atoms with Crippen molar-refractivity contribution in [1.29, 1.82) is 0 Å². The lowest BCUT2D eigenvalue weighted by Gasteiger charge is -2.38. The van der Waals surface area contributed by atoms with Gasteiger partial charge in [-0.05, 0) is 60.7 Å². The Kier molecular flexibility index (Phi) is 6.38. The number of aliphatic hydroxyl groups is 1. The second-order valence-electron chi connectivity index (χ2n) is 8.63.